The molecule has 1 fully saturated rings. The molecule has 5 rings (SSSR count). The minimum Gasteiger partial charge on any atom is -0.463 e. The molecule has 3 aromatic rings. The van der Waals surface area contributed by atoms with E-state index < -0.39 is 23.6 Å². The van der Waals surface area contributed by atoms with Gasteiger partial charge in [0.05, 0.1) is 36.7 Å². The Morgan fingerprint density at radius 1 is 1.18 bits per heavy atom. The highest BCUT2D eigenvalue weighted by Gasteiger charge is 2.41. The van der Waals surface area contributed by atoms with Crippen molar-refractivity contribution in [3.8, 4) is 17.4 Å². The van der Waals surface area contributed by atoms with Crippen LogP contribution in [-0.2, 0) is 10.9 Å². The van der Waals surface area contributed by atoms with Gasteiger partial charge in [-0.3, -0.25) is 10.2 Å². The van der Waals surface area contributed by atoms with Crippen molar-refractivity contribution >= 4 is 23.4 Å². The third-order valence-electron chi connectivity index (χ3n) is 6.36. The summed E-state index contributed by atoms with van der Waals surface area (Å²) in [6, 6.07) is 5.66. The van der Waals surface area contributed by atoms with Crippen molar-refractivity contribution in [2.75, 3.05) is 41.4 Å². The summed E-state index contributed by atoms with van der Waals surface area (Å²) in [6.07, 6.45) is -0.349. The molecule has 2 aliphatic rings. The van der Waals surface area contributed by atoms with Crippen LogP contribution in [0.25, 0.3) is 11.4 Å². The highest BCUT2D eigenvalue weighted by atomic mass is 19.4. The Bertz CT molecular complexity index is 1380. The van der Waals surface area contributed by atoms with Crippen LogP contribution in [0.5, 0.6) is 6.01 Å². The molecule has 212 valence electrons. The van der Waals surface area contributed by atoms with Gasteiger partial charge in [0, 0.05) is 31.3 Å². The lowest BCUT2D eigenvalue weighted by Crippen LogP contribution is -2.48. The Morgan fingerprint density at radius 2 is 2.00 bits per heavy atom. The van der Waals surface area contributed by atoms with E-state index in [1.54, 1.807) is 0 Å². The third-order valence-corrected chi connectivity index (χ3v) is 6.36. The number of aliphatic hydroxyl groups is 1. The number of hydrogen-bond acceptors (Lipinski definition) is 9. The van der Waals surface area contributed by atoms with Crippen molar-refractivity contribution in [1.29, 1.82) is 0 Å². The van der Waals surface area contributed by atoms with Crippen LogP contribution in [0.4, 0.5) is 35.3 Å². The van der Waals surface area contributed by atoms with E-state index in [4.69, 9.17) is 9.47 Å². The summed E-state index contributed by atoms with van der Waals surface area (Å²) in [4.78, 5) is 34.2. The van der Waals surface area contributed by atoms with Gasteiger partial charge in [-0.1, -0.05) is 12.1 Å². The van der Waals surface area contributed by atoms with E-state index in [9.17, 15) is 23.1 Å². The van der Waals surface area contributed by atoms with Crippen molar-refractivity contribution < 1.29 is 32.5 Å². The van der Waals surface area contributed by atoms with E-state index in [1.807, 2.05) is 0 Å². The number of amides is 2. The smallest absolute Gasteiger partial charge is 0.416 e. The van der Waals surface area contributed by atoms with Gasteiger partial charge in [-0.05, 0) is 38.5 Å². The molecule has 2 aromatic heterocycles. The SMILES string of the molecule is CC(C)(O)OCCCOc1nccc(NC(=O)N2c3nc(-c4cccc(C(F)(F)F)c4)ncc3N3CCC2C3)n1. The number of fused-ring (bicyclic) bond motifs is 4. The van der Waals surface area contributed by atoms with Gasteiger partial charge >= 0.3 is 18.2 Å². The van der Waals surface area contributed by atoms with E-state index in [0.717, 1.165) is 12.1 Å². The van der Waals surface area contributed by atoms with Crippen LogP contribution in [-0.4, -0.2) is 69.2 Å². The molecular formula is C26H28F3N7O4. The third kappa shape index (κ3) is 6.23. The monoisotopic (exact) mass is 559 g/mol. The van der Waals surface area contributed by atoms with Crippen molar-refractivity contribution in [3.05, 3.63) is 48.3 Å². The van der Waals surface area contributed by atoms with Gasteiger partial charge in [0.1, 0.15) is 5.82 Å². The molecule has 2 bridgehead atoms. The first-order valence-electron chi connectivity index (χ1n) is 12.7. The molecule has 0 saturated carbocycles. The Balaban J connectivity index is 1.33. The Hall–Kier alpha value is -4.04. The largest absolute Gasteiger partial charge is 0.463 e. The highest BCUT2D eigenvalue weighted by molar-refractivity contribution is 6.04. The Morgan fingerprint density at radius 3 is 2.77 bits per heavy atom. The van der Waals surface area contributed by atoms with E-state index in [2.05, 4.69) is 30.2 Å². The fourth-order valence-corrected chi connectivity index (χ4v) is 4.54. The van der Waals surface area contributed by atoms with Gasteiger partial charge in [0.2, 0.25) is 0 Å². The van der Waals surface area contributed by atoms with Gasteiger partial charge in [0.25, 0.3) is 0 Å². The number of aromatic nitrogens is 4. The minimum absolute atomic E-state index is 0.0568. The number of nitrogens with one attached hydrogen (secondary N) is 1. The molecule has 2 N–H and O–H groups in total. The number of carbonyl (C=O) groups is 1. The van der Waals surface area contributed by atoms with Gasteiger partial charge in [0.15, 0.2) is 17.4 Å². The van der Waals surface area contributed by atoms with Gasteiger partial charge in [-0.25, -0.2) is 19.7 Å². The first-order chi connectivity index (χ1) is 19.0. The van der Waals surface area contributed by atoms with Crippen LogP contribution in [0.1, 0.15) is 32.3 Å². The van der Waals surface area contributed by atoms with Crippen LogP contribution < -0.4 is 19.9 Å². The predicted molar refractivity (Wildman–Crippen MR) is 139 cm³/mol. The summed E-state index contributed by atoms with van der Waals surface area (Å²) in [5.74, 6) is -0.637. The highest BCUT2D eigenvalue weighted by Crippen LogP contribution is 2.40. The first-order valence-corrected chi connectivity index (χ1v) is 12.7. The molecule has 11 nitrogen and oxygen atoms in total. The van der Waals surface area contributed by atoms with E-state index >= 15 is 0 Å². The summed E-state index contributed by atoms with van der Waals surface area (Å²) in [7, 11) is 0. The number of nitrogens with zero attached hydrogens (tertiary/aromatic N) is 6. The van der Waals surface area contributed by atoms with E-state index in [1.165, 1.54) is 49.3 Å². The van der Waals surface area contributed by atoms with Crippen LogP contribution in [0.3, 0.4) is 0 Å². The number of carbonyl (C=O) groups excluding carboxylic acids is 1. The topological polar surface area (TPSA) is 126 Å². The number of halogens is 3. The lowest BCUT2D eigenvalue weighted by molar-refractivity contribution is -0.177. The quantitative estimate of drug-likeness (QED) is 0.310. The Kier molecular flexibility index (Phi) is 7.47. The fraction of sp³-hybridized carbons (Fsp3) is 0.423. The maximum Gasteiger partial charge on any atom is 0.416 e. The molecule has 0 radical (unpaired) electrons. The average molecular weight is 560 g/mol. The minimum atomic E-state index is -4.51. The summed E-state index contributed by atoms with van der Waals surface area (Å²) < 4.78 is 50.6. The van der Waals surface area contributed by atoms with Gasteiger partial charge in [-0.2, -0.15) is 18.2 Å². The summed E-state index contributed by atoms with van der Waals surface area (Å²) in [6.45, 7) is 4.85. The molecule has 2 amide bonds. The van der Waals surface area contributed by atoms with Crippen LogP contribution in [0.15, 0.2) is 42.7 Å². The Labute approximate surface area is 228 Å². The molecule has 40 heavy (non-hydrogen) atoms. The molecule has 1 aromatic carbocycles. The van der Waals surface area contributed by atoms with Crippen molar-refractivity contribution in [3.63, 3.8) is 0 Å². The van der Waals surface area contributed by atoms with Gasteiger partial charge < -0.3 is 19.5 Å². The van der Waals surface area contributed by atoms with E-state index in [-0.39, 0.29) is 42.5 Å². The van der Waals surface area contributed by atoms with Crippen LogP contribution in [0.2, 0.25) is 0 Å². The number of hydrogen-bond donors (Lipinski definition) is 2. The number of urea groups is 1. The zero-order valence-corrected chi connectivity index (χ0v) is 21.9. The fourth-order valence-electron chi connectivity index (χ4n) is 4.54. The van der Waals surface area contributed by atoms with E-state index in [0.29, 0.717) is 37.4 Å². The lowest BCUT2D eigenvalue weighted by Gasteiger charge is -2.35. The standard InChI is InChI=1S/C26H28F3N7O4/c1-25(2,38)40-12-4-11-39-23-30-9-7-20(32-23)33-24(37)36-18-8-10-35(15-18)19-14-31-21(34-22(19)36)16-5-3-6-17(13-16)26(27,28)29/h3,5-7,9,13-14,18,38H,4,8,10-12,15H2,1-2H3,(H,30,32,33,37). The number of ether oxygens (including phenoxy) is 2. The van der Waals surface area contributed by atoms with Crippen LogP contribution in [0, 0.1) is 0 Å². The zero-order valence-electron chi connectivity index (χ0n) is 21.9. The van der Waals surface area contributed by atoms with Crippen molar-refractivity contribution in [2.24, 2.45) is 0 Å². The summed E-state index contributed by atoms with van der Waals surface area (Å²) in [5, 5.41) is 12.3. The van der Waals surface area contributed by atoms with Crippen molar-refractivity contribution in [2.45, 2.75) is 44.7 Å². The molecule has 14 heteroatoms. The average Bonchev–Trinajstić information content (AvgIpc) is 3.31. The first kappa shape index (κ1) is 27.5. The van der Waals surface area contributed by atoms with Crippen molar-refractivity contribution in [1.82, 2.24) is 19.9 Å². The summed E-state index contributed by atoms with van der Waals surface area (Å²) in [5.41, 5.74) is 0.00680. The number of rotatable bonds is 8. The molecular weight excluding hydrogens is 531 g/mol. The number of alkyl halides is 3. The number of benzene rings is 1. The van der Waals surface area contributed by atoms with Crippen LogP contribution >= 0.6 is 0 Å². The second-order valence-electron chi connectivity index (χ2n) is 9.89. The predicted octanol–water partition coefficient (Wildman–Crippen LogP) is 4.10. The lowest BCUT2D eigenvalue weighted by atomic mass is 10.1. The molecule has 1 saturated heterocycles. The normalized spacial score (nSPS) is 16.6. The molecule has 0 aliphatic carbocycles. The second-order valence-corrected chi connectivity index (χ2v) is 9.89. The number of anilines is 3. The molecule has 1 atom stereocenters. The maximum absolute atomic E-state index is 13.5. The summed E-state index contributed by atoms with van der Waals surface area (Å²) >= 11 is 0. The molecule has 1 unspecified atom stereocenters. The molecule has 0 spiro atoms. The maximum atomic E-state index is 13.5. The molecule has 2 aliphatic heterocycles. The zero-order chi connectivity index (χ0) is 28.5. The second kappa shape index (κ2) is 10.8. The van der Waals surface area contributed by atoms with Gasteiger partial charge in [-0.15, -0.1) is 0 Å². The molecule has 4 heterocycles.